The monoisotopic (exact) mass is 352 g/mol. The Morgan fingerprint density at radius 3 is 2.84 bits per heavy atom. The van der Waals surface area contributed by atoms with Gasteiger partial charge in [0.2, 0.25) is 0 Å². The summed E-state index contributed by atoms with van der Waals surface area (Å²) < 4.78 is 26.8. The Bertz CT molecular complexity index is 781. The molecule has 11 heteroatoms. The van der Waals surface area contributed by atoms with Crippen molar-refractivity contribution in [2.24, 2.45) is 12.5 Å². The number of nitrogens with zero attached hydrogens (tertiary/aromatic N) is 7. The summed E-state index contributed by atoms with van der Waals surface area (Å²) in [6, 6.07) is 1.13. The van der Waals surface area contributed by atoms with Crippen LogP contribution < -0.4 is 0 Å². The minimum Gasteiger partial charge on any atom is -0.336 e. The summed E-state index contributed by atoms with van der Waals surface area (Å²) in [5.41, 5.74) is -0.211. The number of H-pyrrole nitrogens is 1. The third-order valence-electron chi connectivity index (χ3n) is 4.98. The molecule has 1 amide bonds. The van der Waals surface area contributed by atoms with Gasteiger partial charge in [-0.15, -0.1) is 5.10 Å². The van der Waals surface area contributed by atoms with Crippen molar-refractivity contribution >= 4 is 5.91 Å². The maximum absolute atomic E-state index is 12.6. The summed E-state index contributed by atoms with van der Waals surface area (Å²) in [6.45, 7) is 3.71. The molecule has 0 saturated carbocycles. The molecule has 0 unspecified atom stereocenters. The smallest absolute Gasteiger partial charge is 0.279 e. The van der Waals surface area contributed by atoms with Crippen molar-refractivity contribution in [3.63, 3.8) is 0 Å². The number of nitrogens with one attached hydrogen (secondary N) is 1. The van der Waals surface area contributed by atoms with Crippen LogP contribution in [0.2, 0.25) is 0 Å². The zero-order valence-corrected chi connectivity index (χ0v) is 13.7. The molecular weight excluding hydrogens is 334 g/mol. The zero-order chi connectivity index (χ0) is 17.6. The van der Waals surface area contributed by atoms with Crippen LogP contribution in [0.15, 0.2) is 6.07 Å². The summed E-state index contributed by atoms with van der Waals surface area (Å²) in [6.07, 6.45) is -1.67. The number of tetrazole rings is 1. The quantitative estimate of drug-likeness (QED) is 0.846. The lowest BCUT2D eigenvalue weighted by Crippen LogP contribution is -2.59. The van der Waals surface area contributed by atoms with Crippen LogP contribution in [0.25, 0.3) is 0 Å². The van der Waals surface area contributed by atoms with Crippen LogP contribution >= 0.6 is 0 Å². The average molecular weight is 352 g/mol. The number of rotatable bonds is 4. The van der Waals surface area contributed by atoms with Crippen molar-refractivity contribution in [1.82, 2.24) is 40.2 Å². The summed E-state index contributed by atoms with van der Waals surface area (Å²) in [4.78, 5) is 16.3. The number of halogens is 2. The topological polar surface area (TPSA) is 95.8 Å². The van der Waals surface area contributed by atoms with Gasteiger partial charge in [0, 0.05) is 32.1 Å². The number of aromatic amines is 1. The van der Waals surface area contributed by atoms with E-state index in [0.29, 0.717) is 19.6 Å². The van der Waals surface area contributed by atoms with Gasteiger partial charge in [-0.25, -0.2) is 13.5 Å². The maximum atomic E-state index is 12.6. The molecule has 25 heavy (non-hydrogen) atoms. The molecule has 2 fully saturated rings. The number of alkyl halides is 2. The largest absolute Gasteiger partial charge is 0.336 e. The third kappa shape index (κ3) is 2.88. The van der Waals surface area contributed by atoms with Gasteiger partial charge >= 0.3 is 0 Å². The number of likely N-dealkylation sites (tertiary alicyclic amines) is 2. The molecule has 0 bridgehead atoms. The standard InChI is InChI=1S/C14H18F2N8O/c1-22-11(19-20-21-22)5-23-3-2-14(6-23)7-24(8-14)13(25)10-4-9(12(15)16)17-18-10/h4,12H,2-3,5-8H2,1H3,(H,17,18). The first-order valence-corrected chi connectivity index (χ1v) is 8.02. The Hall–Kier alpha value is -2.43. The predicted molar refractivity (Wildman–Crippen MR) is 80.6 cm³/mol. The van der Waals surface area contributed by atoms with Gasteiger partial charge in [0.05, 0.1) is 6.54 Å². The first kappa shape index (κ1) is 16.1. The Balaban J connectivity index is 1.33. The first-order chi connectivity index (χ1) is 12.0. The summed E-state index contributed by atoms with van der Waals surface area (Å²) in [5.74, 6) is 0.505. The Labute approximate surface area is 142 Å². The molecule has 1 spiro atoms. The highest BCUT2D eigenvalue weighted by atomic mass is 19.3. The third-order valence-corrected chi connectivity index (χ3v) is 4.98. The van der Waals surface area contributed by atoms with Gasteiger partial charge in [-0.3, -0.25) is 14.8 Å². The van der Waals surface area contributed by atoms with Gasteiger partial charge in [-0.2, -0.15) is 5.10 Å². The number of amides is 1. The number of hydrogen-bond acceptors (Lipinski definition) is 6. The van der Waals surface area contributed by atoms with Gasteiger partial charge in [0.1, 0.15) is 5.69 Å². The van der Waals surface area contributed by atoms with Gasteiger partial charge in [-0.1, -0.05) is 0 Å². The van der Waals surface area contributed by atoms with Crippen LogP contribution in [0.5, 0.6) is 0 Å². The Morgan fingerprint density at radius 2 is 2.20 bits per heavy atom. The van der Waals surface area contributed by atoms with Crippen molar-refractivity contribution < 1.29 is 13.6 Å². The molecule has 0 aliphatic carbocycles. The summed E-state index contributed by atoms with van der Waals surface area (Å²) in [7, 11) is 1.81. The fraction of sp³-hybridized carbons (Fsp3) is 0.643. The van der Waals surface area contributed by atoms with Crippen LogP contribution in [0, 0.1) is 5.41 Å². The number of carbonyl (C=O) groups excluding carboxylic acids is 1. The molecule has 2 aromatic heterocycles. The van der Waals surface area contributed by atoms with E-state index in [2.05, 4.69) is 30.6 Å². The number of aromatic nitrogens is 6. The van der Waals surface area contributed by atoms with Gasteiger partial charge in [0.15, 0.2) is 11.5 Å². The zero-order valence-electron chi connectivity index (χ0n) is 13.7. The van der Waals surface area contributed by atoms with E-state index < -0.39 is 6.43 Å². The molecule has 0 aromatic carbocycles. The van der Waals surface area contributed by atoms with Crippen molar-refractivity contribution in [1.29, 1.82) is 0 Å². The molecule has 0 atom stereocenters. The van der Waals surface area contributed by atoms with Crippen LogP contribution in [-0.2, 0) is 13.6 Å². The molecule has 1 N–H and O–H groups in total. The van der Waals surface area contributed by atoms with E-state index >= 15 is 0 Å². The molecule has 134 valence electrons. The molecule has 2 aromatic rings. The van der Waals surface area contributed by atoms with E-state index in [1.54, 1.807) is 9.58 Å². The SMILES string of the molecule is Cn1nnnc1CN1CCC2(C1)CN(C(=O)c1cc(C(F)F)[nH]n1)C2. The molecular formula is C14H18F2N8O. The minimum atomic E-state index is -2.66. The maximum Gasteiger partial charge on any atom is 0.279 e. The highest BCUT2D eigenvalue weighted by molar-refractivity contribution is 5.93. The minimum absolute atomic E-state index is 0.0464. The van der Waals surface area contributed by atoms with Crippen LogP contribution in [0.1, 0.15) is 34.9 Å². The molecule has 2 aliphatic rings. The van der Waals surface area contributed by atoms with E-state index in [-0.39, 0.29) is 22.7 Å². The van der Waals surface area contributed by atoms with Gasteiger partial charge < -0.3 is 4.90 Å². The highest BCUT2D eigenvalue weighted by Gasteiger charge is 2.49. The fourth-order valence-electron chi connectivity index (χ4n) is 3.63. The lowest BCUT2D eigenvalue weighted by atomic mass is 9.79. The van der Waals surface area contributed by atoms with Crippen LogP contribution in [-0.4, -0.2) is 72.3 Å². The second kappa shape index (κ2) is 5.83. The van der Waals surface area contributed by atoms with E-state index in [4.69, 9.17) is 0 Å². The predicted octanol–water partition coefficient (Wildman–Crippen LogP) is 0.219. The van der Waals surface area contributed by atoms with E-state index in [1.165, 1.54) is 0 Å². The number of aryl methyl sites for hydroxylation is 1. The second-order valence-corrected chi connectivity index (χ2v) is 6.85. The summed E-state index contributed by atoms with van der Waals surface area (Å²) in [5, 5.41) is 17.4. The van der Waals surface area contributed by atoms with Crippen molar-refractivity contribution in [2.45, 2.75) is 19.4 Å². The number of hydrogen-bond donors (Lipinski definition) is 1. The lowest BCUT2D eigenvalue weighted by Gasteiger charge is -2.47. The van der Waals surface area contributed by atoms with E-state index in [0.717, 1.165) is 31.4 Å². The molecule has 2 aliphatic heterocycles. The first-order valence-electron chi connectivity index (χ1n) is 8.02. The van der Waals surface area contributed by atoms with Crippen molar-refractivity contribution in [3.8, 4) is 0 Å². The molecule has 4 heterocycles. The van der Waals surface area contributed by atoms with Crippen LogP contribution in [0.3, 0.4) is 0 Å². The van der Waals surface area contributed by atoms with Crippen LogP contribution in [0.4, 0.5) is 8.78 Å². The van der Waals surface area contributed by atoms with Gasteiger partial charge in [0.25, 0.3) is 12.3 Å². The normalized spacial score (nSPS) is 19.8. The number of carbonyl (C=O) groups is 1. The Morgan fingerprint density at radius 1 is 1.40 bits per heavy atom. The second-order valence-electron chi connectivity index (χ2n) is 6.85. The Kier molecular flexibility index (Phi) is 3.74. The molecule has 2 saturated heterocycles. The molecule has 9 nitrogen and oxygen atoms in total. The van der Waals surface area contributed by atoms with Crippen molar-refractivity contribution in [2.75, 3.05) is 26.2 Å². The van der Waals surface area contributed by atoms with Gasteiger partial charge in [-0.05, 0) is 29.5 Å². The molecule has 4 rings (SSSR count). The van der Waals surface area contributed by atoms with E-state index in [9.17, 15) is 13.6 Å². The molecule has 0 radical (unpaired) electrons. The lowest BCUT2D eigenvalue weighted by molar-refractivity contribution is 0.00974. The highest BCUT2D eigenvalue weighted by Crippen LogP contribution is 2.40. The van der Waals surface area contributed by atoms with E-state index in [1.807, 2.05) is 7.05 Å². The fourth-order valence-corrected chi connectivity index (χ4v) is 3.63. The van der Waals surface area contributed by atoms with Crippen molar-refractivity contribution in [3.05, 3.63) is 23.3 Å². The average Bonchev–Trinajstić information content (AvgIpc) is 3.26. The summed E-state index contributed by atoms with van der Waals surface area (Å²) >= 11 is 0.